The maximum atomic E-state index is 14.2. The maximum Gasteiger partial charge on any atom is 0.408 e. The van der Waals surface area contributed by atoms with Crippen molar-refractivity contribution in [2.45, 2.75) is 71.1 Å². The number of ether oxygens (including phenoxy) is 2. The summed E-state index contributed by atoms with van der Waals surface area (Å²) in [6.45, 7) is 8.16. The molecule has 0 spiro atoms. The van der Waals surface area contributed by atoms with Gasteiger partial charge in [0.25, 0.3) is 5.91 Å². The Morgan fingerprint density at radius 2 is 1.74 bits per heavy atom. The Morgan fingerprint density at radius 1 is 1.04 bits per heavy atom. The van der Waals surface area contributed by atoms with E-state index in [4.69, 9.17) is 9.47 Å². The van der Waals surface area contributed by atoms with Crippen molar-refractivity contribution in [3.05, 3.63) is 65.7 Å². The molecule has 2 heterocycles. The zero-order valence-electron chi connectivity index (χ0n) is 27.0. The first-order chi connectivity index (χ1) is 21.5. The fraction of sp³-hybridized carbons (Fsp3) is 0.485. The lowest BCUT2D eigenvalue weighted by Gasteiger charge is -2.41. The molecule has 2 aromatic carbocycles. The number of nitrogens with zero attached hydrogens (tertiary/aromatic N) is 3. The summed E-state index contributed by atoms with van der Waals surface area (Å²) in [4.78, 5) is 55.2. The third kappa shape index (κ3) is 7.99. The Kier molecular flexibility index (Phi) is 10.0. The van der Waals surface area contributed by atoms with Crippen LogP contribution in [0.15, 0.2) is 53.6 Å². The van der Waals surface area contributed by atoms with Gasteiger partial charge in [-0.2, -0.15) is 5.10 Å². The summed E-state index contributed by atoms with van der Waals surface area (Å²) in [5.41, 5.74) is -1.75. The summed E-state index contributed by atoms with van der Waals surface area (Å²) in [6, 6.07) is 11.4. The van der Waals surface area contributed by atoms with E-state index in [1.165, 1.54) is 29.8 Å². The van der Waals surface area contributed by atoms with Gasteiger partial charge in [-0.3, -0.25) is 14.4 Å². The highest BCUT2D eigenvalue weighted by atomic mass is 19.2. The molecule has 4 amide bonds. The summed E-state index contributed by atoms with van der Waals surface area (Å²) in [5.74, 6) is -3.44. The molecule has 46 heavy (non-hydrogen) atoms. The molecule has 2 atom stereocenters. The topological polar surface area (TPSA) is 130 Å². The van der Waals surface area contributed by atoms with Crippen LogP contribution in [-0.2, 0) is 25.5 Å². The van der Waals surface area contributed by atoms with Crippen LogP contribution in [0.3, 0.4) is 0 Å². The number of benzene rings is 2. The van der Waals surface area contributed by atoms with Crippen LogP contribution in [0.4, 0.5) is 13.6 Å². The number of carbonyl (C=O) groups is 4. The largest absolute Gasteiger partial charge is 0.493 e. The highest BCUT2D eigenvalue weighted by Gasteiger charge is 2.54. The average Bonchev–Trinajstić information content (AvgIpc) is 3.21. The third-order valence-corrected chi connectivity index (χ3v) is 7.82. The molecule has 0 bridgehead atoms. The number of hydrogen-bond acceptors (Lipinski definition) is 7. The van der Waals surface area contributed by atoms with E-state index in [0.717, 1.165) is 17.7 Å². The monoisotopic (exact) mass is 641 g/mol. The Morgan fingerprint density at radius 3 is 2.39 bits per heavy atom. The van der Waals surface area contributed by atoms with Crippen molar-refractivity contribution in [1.29, 1.82) is 0 Å². The lowest BCUT2D eigenvalue weighted by atomic mass is 9.73. The van der Waals surface area contributed by atoms with Crippen LogP contribution in [0.25, 0.3) is 0 Å². The SMILES string of the molecule is CN1N=C2CCN(C(=O)C(CCOc3ccc(F)c(F)c3)NC(=O)C(C)(C)NC(=O)OC(C)(C)C)C[C@@]2(Cc2ccccc2)C1=O. The lowest BCUT2D eigenvalue weighted by molar-refractivity contribution is -0.142. The van der Waals surface area contributed by atoms with Gasteiger partial charge < -0.3 is 25.0 Å². The molecule has 1 fully saturated rings. The number of carbonyl (C=O) groups excluding carboxylic acids is 4. The van der Waals surface area contributed by atoms with Crippen molar-refractivity contribution in [2.75, 3.05) is 26.7 Å². The lowest BCUT2D eigenvalue weighted by Crippen LogP contribution is -2.62. The number of piperidine rings is 1. The second-order valence-corrected chi connectivity index (χ2v) is 13.1. The van der Waals surface area contributed by atoms with Crippen molar-refractivity contribution in [1.82, 2.24) is 20.5 Å². The molecule has 248 valence electrons. The van der Waals surface area contributed by atoms with E-state index in [-0.39, 0.29) is 37.8 Å². The molecule has 4 rings (SSSR count). The molecule has 0 aromatic heterocycles. The Balaban J connectivity index is 1.56. The molecule has 0 saturated carbocycles. The van der Waals surface area contributed by atoms with Gasteiger partial charge in [-0.05, 0) is 58.7 Å². The minimum absolute atomic E-state index is 0.0404. The zero-order chi connectivity index (χ0) is 33.9. The van der Waals surface area contributed by atoms with Gasteiger partial charge in [-0.15, -0.1) is 0 Å². The van der Waals surface area contributed by atoms with E-state index in [0.29, 0.717) is 18.6 Å². The highest BCUT2D eigenvalue weighted by molar-refractivity contribution is 6.13. The van der Waals surface area contributed by atoms with Crippen LogP contribution in [-0.4, -0.2) is 83.4 Å². The van der Waals surface area contributed by atoms with Gasteiger partial charge in [0.1, 0.15) is 28.3 Å². The van der Waals surface area contributed by atoms with Gasteiger partial charge in [0.2, 0.25) is 11.8 Å². The molecule has 2 aliphatic heterocycles. The van der Waals surface area contributed by atoms with Crippen LogP contribution in [0.1, 0.15) is 53.0 Å². The summed E-state index contributed by atoms with van der Waals surface area (Å²) in [5, 5.41) is 11.1. The third-order valence-electron chi connectivity index (χ3n) is 7.82. The van der Waals surface area contributed by atoms with Crippen molar-refractivity contribution in [2.24, 2.45) is 10.5 Å². The minimum Gasteiger partial charge on any atom is -0.493 e. The highest BCUT2D eigenvalue weighted by Crippen LogP contribution is 2.38. The summed E-state index contributed by atoms with van der Waals surface area (Å²) >= 11 is 0. The van der Waals surface area contributed by atoms with E-state index in [9.17, 15) is 28.0 Å². The van der Waals surface area contributed by atoms with Crippen molar-refractivity contribution in [3.8, 4) is 5.75 Å². The smallest absolute Gasteiger partial charge is 0.408 e. The predicted molar refractivity (Wildman–Crippen MR) is 166 cm³/mol. The fourth-order valence-corrected chi connectivity index (χ4v) is 5.51. The van der Waals surface area contributed by atoms with Gasteiger partial charge in [0.15, 0.2) is 11.6 Å². The van der Waals surface area contributed by atoms with Gasteiger partial charge in [0, 0.05) is 39.0 Å². The second kappa shape index (κ2) is 13.4. The molecule has 1 unspecified atom stereocenters. The summed E-state index contributed by atoms with van der Waals surface area (Å²) < 4.78 is 38.0. The van der Waals surface area contributed by atoms with Crippen LogP contribution in [0, 0.1) is 17.0 Å². The molecule has 13 heteroatoms. The van der Waals surface area contributed by atoms with Gasteiger partial charge in [-0.25, -0.2) is 18.6 Å². The normalized spacial score (nSPS) is 18.8. The van der Waals surface area contributed by atoms with Crippen LogP contribution >= 0.6 is 0 Å². The van der Waals surface area contributed by atoms with Gasteiger partial charge in [0.05, 0.1) is 12.3 Å². The molecular weight excluding hydrogens is 600 g/mol. The van der Waals surface area contributed by atoms with Gasteiger partial charge >= 0.3 is 6.09 Å². The number of rotatable bonds is 10. The first-order valence-corrected chi connectivity index (χ1v) is 15.1. The number of likely N-dealkylation sites (tertiary alicyclic amines) is 1. The molecule has 2 aliphatic rings. The number of nitrogens with one attached hydrogen (secondary N) is 2. The summed E-state index contributed by atoms with van der Waals surface area (Å²) in [7, 11) is 1.59. The minimum atomic E-state index is -1.48. The molecular formula is C33H41F2N5O6. The first-order valence-electron chi connectivity index (χ1n) is 15.1. The molecule has 2 N–H and O–H groups in total. The van der Waals surface area contributed by atoms with E-state index in [1.807, 2.05) is 30.3 Å². The summed E-state index contributed by atoms with van der Waals surface area (Å²) in [6.07, 6.45) is -0.176. The number of fused-ring (bicyclic) bond motifs is 1. The Bertz CT molecular complexity index is 1510. The molecule has 1 saturated heterocycles. The van der Waals surface area contributed by atoms with Crippen molar-refractivity contribution < 1.29 is 37.4 Å². The fourth-order valence-electron chi connectivity index (χ4n) is 5.51. The van der Waals surface area contributed by atoms with Crippen molar-refractivity contribution in [3.63, 3.8) is 0 Å². The molecule has 11 nitrogen and oxygen atoms in total. The molecule has 0 radical (unpaired) electrons. The van der Waals surface area contributed by atoms with E-state index in [1.54, 1.807) is 27.8 Å². The van der Waals surface area contributed by atoms with Crippen molar-refractivity contribution >= 4 is 29.5 Å². The Labute approximate surface area is 267 Å². The van der Waals surface area contributed by atoms with Crippen LogP contribution in [0.5, 0.6) is 5.75 Å². The average molecular weight is 642 g/mol. The second-order valence-electron chi connectivity index (χ2n) is 13.1. The number of halogens is 2. The molecule has 2 aromatic rings. The molecule has 0 aliphatic carbocycles. The van der Waals surface area contributed by atoms with Gasteiger partial charge in [-0.1, -0.05) is 30.3 Å². The van der Waals surface area contributed by atoms with Crippen LogP contribution < -0.4 is 15.4 Å². The first kappa shape index (κ1) is 34.3. The number of amides is 4. The maximum absolute atomic E-state index is 14.2. The predicted octanol–water partition coefficient (Wildman–Crippen LogP) is 3.81. The number of hydrazone groups is 1. The number of hydrogen-bond donors (Lipinski definition) is 2. The standard InChI is InChI=1S/C33H41F2N5O6/c1-31(2,3)46-30(44)37-32(4,5)28(42)36-25(15-17-45-22-12-13-23(34)24(35)18-22)27(41)40-16-14-26-33(20-40,29(43)39(6)38-26)19-21-10-8-7-9-11-21/h7-13,18,25H,14-17,19-20H2,1-6H3,(H,36,42)(H,37,44)/t25?,33-/m1/s1. The quantitative estimate of drug-likeness (QED) is 0.406. The van der Waals surface area contributed by atoms with E-state index < -0.39 is 52.1 Å². The van der Waals surface area contributed by atoms with Crippen LogP contribution in [0.2, 0.25) is 0 Å². The number of alkyl carbamates (subject to hydrolysis) is 1. The van der Waals surface area contributed by atoms with E-state index in [2.05, 4.69) is 15.7 Å². The van der Waals surface area contributed by atoms with E-state index >= 15 is 0 Å². The zero-order valence-corrected chi connectivity index (χ0v) is 27.0. The Hall–Kier alpha value is -4.55.